The van der Waals surface area contributed by atoms with Gasteiger partial charge in [0.05, 0.1) is 25.0 Å². The number of hydrogen-bond acceptors (Lipinski definition) is 15. The number of anilines is 10. The summed E-state index contributed by atoms with van der Waals surface area (Å²) >= 11 is 0. The summed E-state index contributed by atoms with van der Waals surface area (Å²) in [6, 6.07) is 27.4. The summed E-state index contributed by atoms with van der Waals surface area (Å²) in [5.41, 5.74) is 11.6. The molecule has 6 aromatic rings. The van der Waals surface area contributed by atoms with E-state index in [2.05, 4.69) is 97.4 Å². The Morgan fingerprint density at radius 2 is 1.02 bits per heavy atom. The van der Waals surface area contributed by atoms with Gasteiger partial charge in [-0.05, 0) is 67.5 Å². The average molecular weight is 806 g/mol. The monoisotopic (exact) mass is 805 g/mol. The van der Waals surface area contributed by atoms with E-state index >= 15 is 0 Å². The minimum Gasteiger partial charge on any atom is -0.370 e. The zero-order chi connectivity index (χ0) is 41.5. The highest BCUT2D eigenvalue weighted by atomic mass is 15.2. The molecule has 0 amide bonds. The number of nitriles is 2. The first-order valence-corrected chi connectivity index (χ1v) is 20.5. The molecule has 4 heterocycles. The molecule has 17 heteroatoms. The number of rotatable bonds is 18. The van der Waals surface area contributed by atoms with Crippen LogP contribution < -0.4 is 37.6 Å². The van der Waals surface area contributed by atoms with Gasteiger partial charge in [-0.3, -0.25) is 10.2 Å². The lowest BCUT2D eigenvalue weighted by atomic mass is 9.83. The lowest BCUT2D eigenvalue weighted by molar-refractivity contribution is 0.410. The van der Waals surface area contributed by atoms with Gasteiger partial charge < -0.3 is 37.6 Å². The molecule has 0 radical (unpaired) electrons. The van der Waals surface area contributed by atoms with Crippen LogP contribution in [0.25, 0.3) is 0 Å². The second-order valence-corrected chi connectivity index (χ2v) is 14.8. The summed E-state index contributed by atoms with van der Waals surface area (Å²) in [6.45, 7) is 4.04. The minimum absolute atomic E-state index is 0.385. The Hall–Kier alpha value is -7.24. The lowest BCUT2D eigenvalue weighted by Crippen LogP contribution is -2.14. The van der Waals surface area contributed by atoms with Crippen molar-refractivity contribution in [2.24, 2.45) is 5.73 Å². The quantitative estimate of drug-likeness (QED) is 0.0396. The van der Waals surface area contributed by atoms with Crippen LogP contribution in [0.2, 0.25) is 0 Å². The molecular weight excluding hydrogens is 755 g/mol. The van der Waals surface area contributed by atoms with Crippen molar-refractivity contribution >= 4 is 58.2 Å². The number of nitrogens with two attached hydrogens (primary N) is 1. The molecule has 0 bridgehead atoms. The number of benzene rings is 2. The summed E-state index contributed by atoms with van der Waals surface area (Å²) < 4.78 is 0. The van der Waals surface area contributed by atoms with Crippen molar-refractivity contribution in [3.63, 3.8) is 0 Å². The first-order valence-electron chi connectivity index (χ1n) is 20.5. The van der Waals surface area contributed by atoms with Crippen LogP contribution in [0.5, 0.6) is 0 Å². The van der Waals surface area contributed by atoms with Crippen molar-refractivity contribution in [2.45, 2.75) is 76.5 Å². The Bertz CT molecular complexity index is 2200. The Morgan fingerprint density at radius 1 is 0.583 bits per heavy atom. The third-order valence-corrected chi connectivity index (χ3v) is 10.2. The van der Waals surface area contributed by atoms with Crippen LogP contribution in [0, 0.1) is 22.7 Å². The number of nitrogens with zero attached hydrogens (tertiary/aromatic N) is 8. The van der Waals surface area contributed by atoms with Crippen LogP contribution in [0.4, 0.5) is 58.2 Å². The molecule has 0 unspecified atom stereocenters. The molecule has 2 fully saturated rings. The van der Waals surface area contributed by atoms with E-state index in [1.165, 1.54) is 44.2 Å². The molecule has 2 aromatic carbocycles. The summed E-state index contributed by atoms with van der Waals surface area (Å²) in [5.74, 6) is 6.30. The maximum atomic E-state index is 8.82. The lowest BCUT2D eigenvalue weighted by Gasteiger charge is -2.23. The van der Waals surface area contributed by atoms with Crippen LogP contribution in [0.15, 0.2) is 72.8 Å². The number of aromatic nitrogens is 8. The highest BCUT2D eigenvalue weighted by Gasteiger charge is 2.23. The van der Waals surface area contributed by atoms with E-state index in [1.807, 2.05) is 66.7 Å². The Morgan fingerprint density at radius 3 is 1.40 bits per heavy atom. The summed E-state index contributed by atoms with van der Waals surface area (Å²) in [7, 11) is 0. The highest BCUT2D eigenvalue weighted by Crippen LogP contribution is 2.37. The second kappa shape index (κ2) is 20.4. The Kier molecular flexibility index (Phi) is 14.0. The molecule has 0 atom stereocenters. The van der Waals surface area contributed by atoms with Crippen molar-refractivity contribution < 1.29 is 0 Å². The van der Waals surface area contributed by atoms with Gasteiger partial charge in [0.1, 0.15) is 23.3 Å². The van der Waals surface area contributed by atoms with Gasteiger partial charge in [0.2, 0.25) is 11.9 Å². The van der Waals surface area contributed by atoms with Gasteiger partial charge in [0.15, 0.2) is 11.6 Å². The zero-order valence-corrected chi connectivity index (χ0v) is 33.7. The van der Waals surface area contributed by atoms with Crippen molar-refractivity contribution in [1.82, 2.24) is 40.3 Å². The van der Waals surface area contributed by atoms with E-state index in [0.29, 0.717) is 67.1 Å². The fraction of sp³-hybridized carbons (Fsp3) is 0.349. The molecule has 4 aromatic heterocycles. The summed E-state index contributed by atoms with van der Waals surface area (Å²) in [6.07, 6.45) is 9.22. The molecule has 2 saturated carbocycles. The number of hydrogen-bond donors (Lipinski definition) is 9. The Labute approximate surface area is 349 Å². The van der Waals surface area contributed by atoms with Crippen LogP contribution >= 0.6 is 0 Å². The fourth-order valence-corrected chi connectivity index (χ4v) is 6.54. The number of H-pyrrole nitrogens is 2. The molecule has 308 valence electrons. The standard InChI is InChI=1S/C22H26N8.C21H25N9/c1-2-12-24-19-14-20(26-21-13-18(29-30-21)16-4-3-5-16)28-22(27-19)25-17-8-6-15(7-9-17)10-11-23;22-9-8-14-4-6-16(7-5-14)25-21-27-18(24-11-10-23)13-19(28-21)26-20-12-17(29-30-20)15-2-1-3-15/h6-9,13-14,16H,2-5,10,12H2,1H3,(H4,24,25,26,27,28,29,30);4-7,12-13,15H,1-3,8,10-11,23H2,(H4,24,25,26,27,28,29,30). The highest BCUT2D eigenvalue weighted by molar-refractivity contribution is 5.64. The summed E-state index contributed by atoms with van der Waals surface area (Å²) in [5, 5.41) is 52.1. The maximum Gasteiger partial charge on any atom is 0.231 e. The van der Waals surface area contributed by atoms with Crippen molar-refractivity contribution in [2.75, 3.05) is 51.5 Å². The average Bonchev–Trinajstić information content (AvgIpc) is 3.86. The van der Waals surface area contributed by atoms with E-state index in [1.54, 1.807) is 0 Å². The third-order valence-electron chi connectivity index (χ3n) is 10.2. The SMILES string of the molecule is CCCNc1cc(Nc2cc(C3CCC3)[nH]n2)nc(Nc2ccc(CC#N)cc2)n1.N#CCc1ccc(Nc2nc(NCCN)cc(Nc3cc(C4CCC4)[nH]n3)n2)cc1. The largest absolute Gasteiger partial charge is 0.370 e. The number of aromatic amines is 2. The van der Waals surface area contributed by atoms with Gasteiger partial charge in [0, 0.05) is 78.5 Å². The van der Waals surface area contributed by atoms with E-state index in [4.69, 9.17) is 16.3 Å². The van der Waals surface area contributed by atoms with Crippen molar-refractivity contribution in [3.05, 3.63) is 95.3 Å². The van der Waals surface area contributed by atoms with E-state index < -0.39 is 0 Å². The predicted molar refractivity (Wildman–Crippen MR) is 235 cm³/mol. The normalized spacial score (nSPS) is 13.3. The first-order chi connectivity index (χ1) is 29.5. The van der Waals surface area contributed by atoms with Gasteiger partial charge in [-0.25, -0.2) is 0 Å². The molecule has 0 saturated heterocycles. The molecule has 60 heavy (non-hydrogen) atoms. The Balaban J connectivity index is 0.000000181. The van der Waals surface area contributed by atoms with Crippen molar-refractivity contribution in [1.29, 1.82) is 10.5 Å². The predicted octanol–water partition coefficient (Wildman–Crippen LogP) is 8.23. The molecule has 2 aliphatic carbocycles. The molecule has 0 spiro atoms. The minimum atomic E-state index is 0.385. The fourth-order valence-electron chi connectivity index (χ4n) is 6.54. The van der Waals surface area contributed by atoms with E-state index in [-0.39, 0.29) is 0 Å². The van der Waals surface area contributed by atoms with Gasteiger partial charge in [-0.15, -0.1) is 0 Å². The summed E-state index contributed by atoms with van der Waals surface area (Å²) in [4.78, 5) is 18.2. The topological polar surface area (TPSA) is 255 Å². The molecule has 17 nitrogen and oxygen atoms in total. The van der Waals surface area contributed by atoms with Gasteiger partial charge >= 0.3 is 0 Å². The van der Waals surface area contributed by atoms with Crippen molar-refractivity contribution in [3.8, 4) is 12.1 Å². The van der Waals surface area contributed by atoms with Gasteiger partial charge in [-0.1, -0.05) is 44.0 Å². The molecule has 2 aliphatic rings. The smallest absolute Gasteiger partial charge is 0.231 e. The van der Waals surface area contributed by atoms with Crippen LogP contribution in [-0.4, -0.2) is 60.0 Å². The molecular formula is C43H51N17. The van der Waals surface area contributed by atoms with Crippen LogP contribution in [0.1, 0.15) is 86.2 Å². The first kappa shape index (κ1) is 40.9. The van der Waals surface area contributed by atoms with Crippen LogP contribution in [-0.2, 0) is 12.8 Å². The molecule has 10 N–H and O–H groups in total. The van der Waals surface area contributed by atoms with Gasteiger partial charge in [0.25, 0.3) is 0 Å². The number of nitrogens with one attached hydrogen (secondary N) is 8. The molecule has 8 rings (SSSR count). The van der Waals surface area contributed by atoms with Gasteiger partial charge in [-0.2, -0.15) is 40.7 Å². The zero-order valence-electron chi connectivity index (χ0n) is 33.7. The molecule has 0 aliphatic heterocycles. The van der Waals surface area contributed by atoms with Crippen LogP contribution in [0.3, 0.4) is 0 Å². The van der Waals surface area contributed by atoms with E-state index in [0.717, 1.165) is 58.6 Å². The second-order valence-electron chi connectivity index (χ2n) is 14.8. The maximum absolute atomic E-state index is 8.82. The van der Waals surface area contributed by atoms with E-state index in [9.17, 15) is 0 Å². The third kappa shape index (κ3) is 11.5.